The molecule has 6 heteroatoms. The Morgan fingerprint density at radius 1 is 0.900 bits per heavy atom. The Morgan fingerprint density at radius 3 is 1.85 bits per heavy atom. The predicted molar refractivity (Wildman–Crippen MR) is 69.1 cm³/mol. The van der Waals surface area contributed by atoms with Crippen LogP contribution in [0.25, 0.3) is 0 Å². The van der Waals surface area contributed by atoms with E-state index in [-0.39, 0.29) is 35.5 Å². The maximum atomic E-state index is 11.3. The maximum absolute atomic E-state index is 11.3. The molecule has 2 N–H and O–H groups in total. The van der Waals surface area contributed by atoms with E-state index in [2.05, 4.69) is 0 Å². The molecule has 0 aliphatic heterocycles. The Balaban J connectivity index is 3.60. The highest BCUT2D eigenvalue weighted by Gasteiger charge is 2.23. The first-order chi connectivity index (χ1) is 9.23. The fourth-order valence-electron chi connectivity index (χ4n) is 2.00. The Morgan fingerprint density at radius 2 is 1.45 bits per heavy atom. The van der Waals surface area contributed by atoms with Gasteiger partial charge in [-0.05, 0) is 31.0 Å². The molecule has 20 heavy (non-hydrogen) atoms. The average Bonchev–Trinajstić information content (AvgIpc) is 2.28. The monoisotopic (exact) mass is 278 g/mol. The second kappa shape index (κ2) is 6.10. The molecule has 0 aliphatic carbocycles. The lowest BCUT2D eigenvalue weighted by atomic mass is 9.90. The first-order valence-electron chi connectivity index (χ1n) is 5.84. The zero-order chi connectivity index (χ0) is 15.4. The summed E-state index contributed by atoms with van der Waals surface area (Å²) >= 11 is 0. The van der Waals surface area contributed by atoms with Crippen molar-refractivity contribution < 1.29 is 29.4 Å². The minimum atomic E-state index is -1.43. The molecule has 1 rings (SSSR count). The van der Waals surface area contributed by atoms with Crippen molar-refractivity contribution in [3.8, 4) is 0 Å². The number of carboxylic acid groups (broad SMARTS) is 2. The zero-order valence-electron chi connectivity index (χ0n) is 11.1. The van der Waals surface area contributed by atoms with Crippen LogP contribution in [0, 0.1) is 0 Å². The highest BCUT2D eigenvalue weighted by atomic mass is 16.4. The lowest BCUT2D eigenvalue weighted by molar-refractivity contribution is -0.117. The molecule has 0 radical (unpaired) electrons. The van der Waals surface area contributed by atoms with E-state index < -0.39 is 17.5 Å². The molecular formula is C14H14O6. The van der Waals surface area contributed by atoms with Crippen molar-refractivity contribution in [3.63, 3.8) is 0 Å². The van der Waals surface area contributed by atoms with Crippen LogP contribution in [-0.4, -0.2) is 33.7 Å². The summed E-state index contributed by atoms with van der Waals surface area (Å²) in [6.07, 6.45) is -0.256. The van der Waals surface area contributed by atoms with E-state index in [0.717, 1.165) is 6.07 Å². The molecular weight excluding hydrogens is 264 g/mol. The first kappa shape index (κ1) is 15.6. The van der Waals surface area contributed by atoms with Crippen molar-refractivity contribution in [3.05, 3.63) is 34.4 Å². The van der Waals surface area contributed by atoms with Crippen LogP contribution in [0.5, 0.6) is 0 Å². The summed E-state index contributed by atoms with van der Waals surface area (Å²) in [7, 11) is 0. The van der Waals surface area contributed by atoms with Crippen LogP contribution in [0.2, 0.25) is 0 Å². The van der Waals surface area contributed by atoms with Gasteiger partial charge in [0.15, 0.2) is 0 Å². The molecule has 0 saturated carbocycles. The van der Waals surface area contributed by atoms with Gasteiger partial charge in [-0.2, -0.15) is 0 Å². The second-order valence-corrected chi connectivity index (χ2v) is 4.49. The van der Waals surface area contributed by atoms with Crippen LogP contribution in [0.1, 0.15) is 45.7 Å². The number of carbonyl (C=O) groups excluding carboxylic acids is 2. The molecule has 0 aliphatic rings. The molecule has 0 atom stereocenters. The summed E-state index contributed by atoms with van der Waals surface area (Å²) in [6.45, 7) is 2.61. The van der Waals surface area contributed by atoms with E-state index in [0.29, 0.717) is 5.56 Å². The predicted octanol–water partition coefficient (Wildman–Crippen LogP) is 1.35. The van der Waals surface area contributed by atoms with E-state index in [1.54, 1.807) is 0 Å². The summed E-state index contributed by atoms with van der Waals surface area (Å²) in [5, 5.41) is 18.2. The summed E-state index contributed by atoms with van der Waals surface area (Å²) in [6, 6.07) is 2.53. The number of hydrogen-bond acceptors (Lipinski definition) is 4. The largest absolute Gasteiger partial charge is 0.478 e. The van der Waals surface area contributed by atoms with E-state index in [1.165, 1.54) is 19.9 Å². The van der Waals surface area contributed by atoms with E-state index in [4.69, 9.17) is 5.11 Å². The molecule has 6 nitrogen and oxygen atoms in total. The smallest absolute Gasteiger partial charge is 0.336 e. The topological polar surface area (TPSA) is 109 Å². The van der Waals surface area contributed by atoms with Gasteiger partial charge in [0.25, 0.3) is 0 Å². The number of carboxylic acids is 2. The van der Waals surface area contributed by atoms with Gasteiger partial charge in [0.1, 0.15) is 11.6 Å². The van der Waals surface area contributed by atoms with Crippen LogP contribution < -0.4 is 0 Å². The third-order valence-corrected chi connectivity index (χ3v) is 2.72. The van der Waals surface area contributed by atoms with Gasteiger partial charge in [-0.25, -0.2) is 9.59 Å². The van der Waals surface area contributed by atoms with Crippen LogP contribution in [-0.2, 0) is 22.4 Å². The van der Waals surface area contributed by atoms with Gasteiger partial charge in [0.05, 0.1) is 11.1 Å². The molecule has 0 unspecified atom stereocenters. The molecule has 0 heterocycles. The molecule has 1 aromatic rings. The number of carbonyl (C=O) groups is 4. The van der Waals surface area contributed by atoms with E-state index >= 15 is 0 Å². The van der Waals surface area contributed by atoms with Gasteiger partial charge in [0.2, 0.25) is 0 Å². The molecule has 0 aromatic heterocycles. The van der Waals surface area contributed by atoms with Crippen molar-refractivity contribution in [2.75, 3.05) is 0 Å². The molecule has 0 spiro atoms. The van der Waals surface area contributed by atoms with E-state index in [1.807, 2.05) is 0 Å². The maximum Gasteiger partial charge on any atom is 0.336 e. The van der Waals surface area contributed by atoms with Gasteiger partial charge >= 0.3 is 11.9 Å². The summed E-state index contributed by atoms with van der Waals surface area (Å²) in [5.41, 5.74) is -0.345. The summed E-state index contributed by atoms with van der Waals surface area (Å²) < 4.78 is 0. The van der Waals surface area contributed by atoms with Crippen molar-refractivity contribution >= 4 is 23.5 Å². The molecule has 0 bridgehead atoms. The van der Waals surface area contributed by atoms with Crippen LogP contribution in [0.3, 0.4) is 0 Å². The highest BCUT2D eigenvalue weighted by Crippen LogP contribution is 2.22. The minimum absolute atomic E-state index is 0.0389. The summed E-state index contributed by atoms with van der Waals surface area (Å²) in [4.78, 5) is 44.9. The Bertz CT molecular complexity index is 600. The minimum Gasteiger partial charge on any atom is -0.478 e. The van der Waals surface area contributed by atoms with E-state index in [9.17, 15) is 24.3 Å². The Labute approximate surface area is 115 Å². The summed E-state index contributed by atoms with van der Waals surface area (Å²) in [5.74, 6) is -3.32. The van der Waals surface area contributed by atoms with Crippen molar-refractivity contribution in [2.24, 2.45) is 0 Å². The standard InChI is InChI=1S/C14H14O6/c1-7(15)5-9-3-4-10(13(17)18)12(14(19)20)11(9)6-8(2)16/h3-4H,5-6H2,1-2H3,(H,17,18)(H,19,20). The Hall–Kier alpha value is -2.50. The molecule has 106 valence electrons. The highest BCUT2D eigenvalue weighted by molar-refractivity contribution is 6.04. The second-order valence-electron chi connectivity index (χ2n) is 4.49. The number of benzene rings is 1. The van der Waals surface area contributed by atoms with Crippen LogP contribution in [0.4, 0.5) is 0 Å². The molecule has 0 amide bonds. The number of rotatable bonds is 6. The van der Waals surface area contributed by atoms with Crippen LogP contribution in [0.15, 0.2) is 12.1 Å². The van der Waals surface area contributed by atoms with Gasteiger partial charge in [-0.3, -0.25) is 9.59 Å². The zero-order valence-corrected chi connectivity index (χ0v) is 11.1. The van der Waals surface area contributed by atoms with Gasteiger partial charge in [-0.1, -0.05) is 6.07 Å². The number of aromatic carboxylic acids is 2. The SMILES string of the molecule is CC(=O)Cc1ccc(C(=O)O)c(C(=O)O)c1CC(C)=O. The van der Waals surface area contributed by atoms with Crippen molar-refractivity contribution in [1.82, 2.24) is 0 Å². The fraction of sp³-hybridized carbons (Fsp3) is 0.286. The lowest BCUT2D eigenvalue weighted by Crippen LogP contribution is -2.16. The normalized spacial score (nSPS) is 10.1. The molecule has 1 aromatic carbocycles. The van der Waals surface area contributed by atoms with Crippen LogP contribution >= 0.6 is 0 Å². The molecule has 0 saturated heterocycles. The van der Waals surface area contributed by atoms with Gasteiger partial charge in [0, 0.05) is 12.8 Å². The fourth-order valence-corrected chi connectivity index (χ4v) is 2.00. The number of Topliss-reactive ketones (excluding diaryl/α,β-unsaturated/α-hetero) is 2. The third-order valence-electron chi connectivity index (χ3n) is 2.72. The Kier molecular flexibility index (Phi) is 4.74. The first-order valence-corrected chi connectivity index (χ1v) is 5.84. The number of hydrogen-bond donors (Lipinski definition) is 2. The van der Waals surface area contributed by atoms with Gasteiger partial charge in [-0.15, -0.1) is 0 Å². The van der Waals surface area contributed by atoms with Crippen molar-refractivity contribution in [2.45, 2.75) is 26.7 Å². The quantitative estimate of drug-likeness (QED) is 0.812. The van der Waals surface area contributed by atoms with Crippen molar-refractivity contribution in [1.29, 1.82) is 0 Å². The third kappa shape index (κ3) is 3.50. The number of ketones is 2. The average molecular weight is 278 g/mol. The lowest BCUT2D eigenvalue weighted by Gasteiger charge is -2.13. The molecule has 0 fully saturated rings. The van der Waals surface area contributed by atoms with Gasteiger partial charge < -0.3 is 10.2 Å².